The average molecular weight is 241 g/mol. The third kappa shape index (κ3) is 5.34. The molecule has 0 rings (SSSR count). The summed E-state index contributed by atoms with van der Waals surface area (Å²) in [5.74, 6) is -1.27. The van der Waals surface area contributed by atoms with Crippen LogP contribution in [-0.2, 0) is 9.53 Å². The molecule has 3 nitrogen and oxygen atoms in total. The number of carbonyl (C=O) groups is 1. The molecule has 0 aliphatic carbocycles. The van der Waals surface area contributed by atoms with E-state index in [0.717, 1.165) is 6.42 Å². The Bertz CT molecular complexity index is 231. The van der Waals surface area contributed by atoms with Crippen LogP contribution in [0.5, 0.6) is 0 Å². The lowest BCUT2D eigenvalue weighted by atomic mass is 9.96. The maximum atomic E-state index is 11.9. The summed E-state index contributed by atoms with van der Waals surface area (Å²) >= 11 is 0. The summed E-state index contributed by atoms with van der Waals surface area (Å²) in [6.45, 7) is 5.57. The van der Waals surface area contributed by atoms with E-state index in [2.05, 4.69) is 10.1 Å². The second-order valence-electron chi connectivity index (χ2n) is 3.84. The van der Waals surface area contributed by atoms with Crippen LogP contribution in [-0.4, -0.2) is 24.4 Å². The van der Waals surface area contributed by atoms with Crippen LogP contribution >= 0.6 is 0 Å². The van der Waals surface area contributed by atoms with Crippen molar-refractivity contribution >= 4 is 5.97 Å². The lowest BCUT2D eigenvalue weighted by Crippen LogP contribution is -2.51. The molecule has 0 spiro atoms. The number of alkyl halides is 3. The smallest absolute Gasteiger partial charge is 0.372 e. The monoisotopic (exact) mass is 241 g/mol. The number of nitrogens with one attached hydrogen (secondary N) is 1. The van der Waals surface area contributed by atoms with Gasteiger partial charge in [0.25, 0.3) is 0 Å². The molecule has 6 heteroatoms. The summed E-state index contributed by atoms with van der Waals surface area (Å²) in [7, 11) is 0. The van der Waals surface area contributed by atoms with Crippen LogP contribution in [0.4, 0.5) is 13.2 Å². The van der Waals surface area contributed by atoms with E-state index in [9.17, 15) is 18.0 Å². The van der Waals surface area contributed by atoms with Crippen LogP contribution in [0.25, 0.3) is 0 Å². The van der Waals surface area contributed by atoms with Gasteiger partial charge in [0.15, 0.2) is 0 Å². The van der Waals surface area contributed by atoms with E-state index in [4.69, 9.17) is 0 Å². The molecule has 0 aromatic carbocycles. The Kier molecular flexibility index (Phi) is 5.78. The Morgan fingerprint density at radius 1 is 1.25 bits per heavy atom. The van der Waals surface area contributed by atoms with Crippen LogP contribution in [0.3, 0.4) is 0 Å². The minimum atomic E-state index is -4.92. The molecule has 0 fully saturated rings. The van der Waals surface area contributed by atoms with Gasteiger partial charge in [0.2, 0.25) is 0 Å². The van der Waals surface area contributed by atoms with Gasteiger partial charge in [0.1, 0.15) is 5.54 Å². The van der Waals surface area contributed by atoms with Crippen molar-refractivity contribution in [3.63, 3.8) is 0 Å². The Morgan fingerprint density at radius 3 is 2.19 bits per heavy atom. The van der Waals surface area contributed by atoms with Gasteiger partial charge in [-0.05, 0) is 26.3 Å². The van der Waals surface area contributed by atoms with E-state index in [1.165, 1.54) is 6.92 Å². The Morgan fingerprint density at radius 2 is 1.81 bits per heavy atom. The van der Waals surface area contributed by atoms with Gasteiger partial charge in [-0.25, -0.2) is 4.79 Å². The fourth-order valence-electron chi connectivity index (χ4n) is 1.38. The number of esters is 1. The topological polar surface area (TPSA) is 38.3 Å². The van der Waals surface area contributed by atoms with Gasteiger partial charge in [-0.3, -0.25) is 0 Å². The first-order valence-electron chi connectivity index (χ1n) is 5.30. The van der Waals surface area contributed by atoms with Gasteiger partial charge in [-0.15, -0.1) is 13.2 Å². The molecular formula is C10H18F3NO2. The van der Waals surface area contributed by atoms with Crippen LogP contribution in [0.1, 0.15) is 40.0 Å². The zero-order valence-electron chi connectivity index (χ0n) is 9.78. The van der Waals surface area contributed by atoms with Crippen LogP contribution in [0.2, 0.25) is 0 Å². The number of halogens is 3. The maximum Gasteiger partial charge on any atom is 0.575 e. The minimum Gasteiger partial charge on any atom is -0.372 e. The summed E-state index contributed by atoms with van der Waals surface area (Å²) in [5.41, 5.74) is -1.26. The molecule has 16 heavy (non-hydrogen) atoms. The molecule has 0 aliphatic rings. The Hall–Kier alpha value is -0.780. The van der Waals surface area contributed by atoms with Crippen LogP contribution in [0.15, 0.2) is 0 Å². The lowest BCUT2D eigenvalue weighted by Gasteiger charge is -2.28. The molecule has 0 aliphatic heterocycles. The molecule has 1 atom stereocenters. The van der Waals surface area contributed by atoms with Crippen molar-refractivity contribution < 1.29 is 22.7 Å². The quantitative estimate of drug-likeness (QED) is 0.726. The molecule has 1 N–H and O–H groups in total. The predicted octanol–water partition coefficient (Wildman–Crippen LogP) is 2.61. The molecule has 0 heterocycles. The predicted molar refractivity (Wildman–Crippen MR) is 53.8 cm³/mol. The molecule has 0 aromatic rings. The number of rotatable bonds is 6. The normalized spacial score (nSPS) is 15.6. The lowest BCUT2D eigenvalue weighted by molar-refractivity contribution is -0.308. The third-order valence-electron chi connectivity index (χ3n) is 2.17. The highest BCUT2D eigenvalue weighted by Crippen LogP contribution is 2.22. The van der Waals surface area contributed by atoms with Crippen molar-refractivity contribution in [1.29, 1.82) is 0 Å². The summed E-state index contributed by atoms with van der Waals surface area (Å²) in [6, 6.07) is 0. The number of carbonyl (C=O) groups excluding carboxylic acids is 1. The number of hydrogen-bond donors (Lipinski definition) is 1. The van der Waals surface area contributed by atoms with Crippen molar-refractivity contribution in [2.75, 3.05) is 6.54 Å². The first-order valence-corrected chi connectivity index (χ1v) is 5.30. The van der Waals surface area contributed by atoms with Gasteiger partial charge in [-0.1, -0.05) is 20.3 Å². The van der Waals surface area contributed by atoms with Crippen molar-refractivity contribution in [3.8, 4) is 0 Å². The molecule has 0 amide bonds. The van der Waals surface area contributed by atoms with Gasteiger partial charge in [0, 0.05) is 0 Å². The molecular weight excluding hydrogens is 223 g/mol. The van der Waals surface area contributed by atoms with Crippen LogP contribution in [0, 0.1) is 0 Å². The molecule has 1 unspecified atom stereocenters. The Balaban J connectivity index is 4.56. The highest BCUT2D eigenvalue weighted by molar-refractivity contribution is 5.80. The molecule has 0 radical (unpaired) electrons. The van der Waals surface area contributed by atoms with Crippen LogP contribution < -0.4 is 5.32 Å². The number of ether oxygens (including phenoxy) is 1. The van der Waals surface area contributed by atoms with Crippen molar-refractivity contribution in [2.24, 2.45) is 0 Å². The molecule has 0 saturated carbocycles. The van der Waals surface area contributed by atoms with E-state index >= 15 is 0 Å². The molecule has 0 saturated heterocycles. The second-order valence-corrected chi connectivity index (χ2v) is 3.84. The third-order valence-corrected chi connectivity index (χ3v) is 2.17. The first kappa shape index (κ1) is 15.2. The fourth-order valence-corrected chi connectivity index (χ4v) is 1.38. The second kappa shape index (κ2) is 6.08. The van der Waals surface area contributed by atoms with E-state index in [1.807, 2.05) is 6.92 Å². The highest BCUT2D eigenvalue weighted by Gasteiger charge is 2.42. The van der Waals surface area contributed by atoms with Gasteiger partial charge >= 0.3 is 12.3 Å². The van der Waals surface area contributed by atoms with E-state index in [-0.39, 0.29) is 0 Å². The van der Waals surface area contributed by atoms with Gasteiger partial charge in [0.05, 0.1) is 0 Å². The maximum absolute atomic E-state index is 11.9. The number of hydrogen-bond acceptors (Lipinski definition) is 3. The molecule has 96 valence electrons. The summed E-state index contributed by atoms with van der Waals surface area (Å²) in [5, 5.41) is 2.79. The summed E-state index contributed by atoms with van der Waals surface area (Å²) in [4.78, 5) is 11.4. The fraction of sp³-hybridized carbons (Fsp3) is 0.900. The average Bonchev–Trinajstić information content (AvgIpc) is 2.12. The van der Waals surface area contributed by atoms with Crippen molar-refractivity contribution in [3.05, 3.63) is 0 Å². The van der Waals surface area contributed by atoms with Gasteiger partial charge in [-0.2, -0.15) is 0 Å². The zero-order chi connectivity index (χ0) is 12.8. The summed E-state index contributed by atoms with van der Waals surface area (Å²) < 4.78 is 39.2. The van der Waals surface area contributed by atoms with Gasteiger partial charge < -0.3 is 10.1 Å². The van der Waals surface area contributed by atoms with E-state index < -0.39 is 17.9 Å². The molecule has 0 bridgehead atoms. The molecule has 0 aromatic heterocycles. The van der Waals surface area contributed by atoms with Crippen molar-refractivity contribution in [1.82, 2.24) is 5.32 Å². The Labute approximate surface area is 93.3 Å². The highest BCUT2D eigenvalue weighted by atomic mass is 19.4. The standard InChI is InChI=1S/C10H18F3NO2/c1-4-6-9(3,14-7-5-2)8(15)16-10(11,12)13/h14H,4-7H2,1-3H3. The van der Waals surface area contributed by atoms with Crippen molar-refractivity contribution in [2.45, 2.75) is 51.9 Å². The first-order chi connectivity index (χ1) is 7.25. The minimum absolute atomic E-state index is 0.307. The van der Waals surface area contributed by atoms with E-state index in [1.54, 1.807) is 6.92 Å². The largest absolute Gasteiger partial charge is 0.575 e. The summed E-state index contributed by atoms with van der Waals surface area (Å²) in [6.07, 6.45) is -3.28. The zero-order valence-corrected chi connectivity index (χ0v) is 9.78. The van der Waals surface area contributed by atoms with E-state index in [0.29, 0.717) is 19.4 Å². The SMILES string of the molecule is CCCNC(C)(CCC)C(=O)OC(F)(F)F.